The minimum Gasteiger partial charge on any atom is -0.756 e. The van der Waals surface area contributed by atoms with Gasteiger partial charge in [0.15, 0.2) is 0 Å². The van der Waals surface area contributed by atoms with Gasteiger partial charge in [0.25, 0.3) is 7.82 Å². The zero-order valence-electron chi connectivity index (χ0n) is 33.8. The van der Waals surface area contributed by atoms with Gasteiger partial charge in [0.2, 0.25) is 0 Å². The van der Waals surface area contributed by atoms with Crippen molar-refractivity contribution in [3.8, 4) is 0 Å². The Bertz CT molecular complexity index is 915. The predicted octanol–water partition coefficient (Wildman–Crippen LogP) is 11.2. The third-order valence-corrected chi connectivity index (χ3v) is 9.61. The average molecular weight is 742 g/mol. The molecule has 0 heterocycles. The van der Waals surface area contributed by atoms with Crippen molar-refractivity contribution in [2.24, 2.45) is 0 Å². The van der Waals surface area contributed by atoms with E-state index in [9.17, 15) is 14.3 Å². The summed E-state index contributed by atoms with van der Waals surface area (Å²) in [5, 5.41) is 0. The molecule has 0 aromatic rings. The van der Waals surface area contributed by atoms with Crippen molar-refractivity contribution in [1.82, 2.24) is 0 Å². The van der Waals surface area contributed by atoms with Gasteiger partial charge in [-0.25, -0.2) is 0 Å². The minimum absolute atomic E-state index is 0.0217. The van der Waals surface area contributed by atoms with Crippen molar-refractivity contribution >= 4 is 13.8 Å². The number of rotatable bonds is 38. The standard InChI is InChI=1S/C42H80NO7P/c1-6-8-10-12-14-16-18-20-21-22-24-26-28-30-32-34-37-47-39-41(40-49-51(45,46)48-38-36-43(3,4)5)50-42(44)35-33-31-29-27-25-23-19-17-15-13-11-9-7-2/h11,13,17,19-21,41H,6-10,12,14-16,18,22-40H2,1-5H3/b13-11-,19-17-,21-20-. The maximum absolute atomic E-state index is 12.6. The molecule has 0 N–H and O–H groups in total. The molecule has 0 saturated heterocycles. The summed E-state index contributed by atoms with van der Waals surface area (Å²) < 4.78 is 34.5. The topological polar surface area (TPSA) is 94.1 Å². The molecule has 0 rings (SSSR count). The van der Waals surface area contributed by atoms with Crippen molar-refractivity contribution in [2.75, 3.05) is 54.1 Å². The van der Waals surface area contributed by atoms with Crippen molar-refractivity contribution in [3.63, 3.8) is 0 Å². The van der Waals surface area contributed by atoms with E-state index in [1.165, 1.54) is 83.5 Å². The van der Waals surface area contributed by atoms with Gasteiger partial charge < -0.3 is 27.9 Å². The number of phosphoric acid groups is 1. The fourth-order valence-corrected chi connectivity index (χ4v) is 6.13. The second-order valence-corrected chi connectivity index (χ2v) is 16.4. The molecule has 51 heavy (non-hydrogen) atoms. The van der Waals surface area contributed by atoms with Crippen LogP contribution in [0, 0.1) is 0 Å². The van der Waals surface area contributed by atoms with Crippen LogP contribution in [0.25, 0.3) is 0 Å². The van der Waals surface area contributed by atoms with Gasteiger partial charge in [-0.05, 0) is 64.2 Å². The molecule has 0 saturated carbocycles. The van der Waals surface area contributed by atoms with Crippen LogP contribution in [0.2, 0.25) is 0 Å². The maximum atomic E-state index is 12.6. The number of hydrogen-bond acceptors (Lipinski definition) is 7. The van der Waals surface area contributed by atoms with Crippen molar-refractivity contribution < 1.29 is 37.3 Å². The fraction of sp³-hybridized carbons (Fsp3) is 0.833. The van der Waals surface area contributed by atoms with E-state index in [0.29, 0.717) is 24.1 Å². The number of quaternary nitrogens is 1. The largest absolute Gasteiger partial charge is 0.756 e. The molecular formula is C42H80NO7P. The molecule has 0 bridgehead atoms. The molecule has 0 aromatic carbocycles. The first-order valence-electron chi connectivity index (χ1n) is 20.7. The summed E-state index contributed by atoms with van der Waals surface area (Å²) >= 11 is 0. The lowest BCUT2D eigenvalue weighted by molar-refractivity contribution is -0.870. The Morgan fingerprint density at radius 1 is 0.608 bits per heavy atom. The molecule has 2 atom stereocenters. The highest BCUT2D eigenvalue weighted by molar-refractivity contribution is 7.45. The van der Waals surface area contributed by atoms with Crippen LogP contribution in [-0.2, 0) is 27.9 Å². The van der Waals surface area contributed by atoms with Crippen LogP contribution in [-0.4, -0.2) is 70.7 Å². The SMILES string of the molecule is CCC/C=C\C/C=C\CCCCCCCC(=O)OC(COCCCCCCCC/C=C\CCCCCCCC)COP(=O)([O-])OCC[N+](C)(C)C. The molecule has 300 valence electrons. The van der Waals surface area contributed by atoms with Gasteiger partial charge in [-0.15, -0.1) is 0 Å². The van der Waals surface area contributed by atoms with Gasteiger partial charge in [0.1, 0.15) is 19.3 Å². The van der Waals surface area contributed by atoms with Crippen LogP contribution in [0.15, 0.2) is 36.5 Å². The van der Waals surface area contributed by atoms with Crippen LogP contribution in [0.4, 0.5) is 0 Å². The second-order valence-electron chi connectivity index (χ2n) is 15.0. The number of carbonyl (C=O) groups excluding carboxylic acids is 1. The fourth-order valence-electron chi connectivity index (χ4n) is 5.40. The van der Waals surface area contributed by atoms with Crippen molar-refractivity contribution in [1.29, 1.82) is 0 Å². The Balaban J connectivity index is 4.29. The van der Waals surface area contributed by atoms with Crippen LogP contribution in [0.3, 0.4) is 0 Å². The highest BCUT2D eigenvalue weighted by Crippen LogP contribution is 2.38. The summed E-state index contributed by atoms with van der Waals surface area (Å²) in [4.78, 5) is 25.0. The van der Waals surface area contributed by atoms with E-state index < -0.39 is 13.9 Å². The number of nitrogens with zero attached hydrogens (tertiary/aromatic N) is 1. The van der Waals surface area contributed by atoms with E-state index in [2.05, 4.69) is 50.3 Å². The van der Waals surface area contributed by atoms with Crippen LogP contribution in [0.1, 0.15) is 168 Å². The Morgan fingerprint density at radius 3 is 1.69 bits per heavy atom. The normalized spacial score (nSPS) is 14.2. The van der Waals surface area contributed by atoms with E-state index in [4.69, 9.17) is 18.5 Å². The minimum atomic E-state index is -4.52. The number of likely N-dealkylation sites (N-methyl/N-ethyl adjacent to an activating group) is 1. The zero-order chi connectivity index (χ0) is 37.7. The summed E-state index contributed by atoms with van der Waals surface area (Å²) in [5.74, 6) is -0.352. The van der Waals surface area contributed by atoms with Gasteiger partial charge in [-0.1, -0.05) is 134 Å². The molecule has 0 amide bonds. The molecule has 9 heteroatoms. The van der Waals surface area contributed by atoms with E-state index in [1.807, 2.05) is 21.1 Å². The Hall–Kier alpha value is -1.28. The maximum Gasteiger partial charge on any atom is 0.306 e. The molecule has 0 radical (unpaired) electrons. The highest BCUT2D eigenvalue weighted by Gasteiger charge is 2.20. The van der Waals surface area contributed by atoms with Gasteiger partial charge in [0, 0.05) is 13.0 Å². The lowest BCUT2D eigenvalue weighted by Crippen LogP contribution is -2.37. The van der Waals surface area contributed by atoms with E-state index in [-0.39, 0.29) is 25.8 Å². The van der Waals surface area contributed by atoms with E-state index >= 15 is 0 Å². The monoisotopic (exact) mass is 742 g/mol. The zero-order valence-corrected chi connectivity index (χ0v) is 34.7. The Kier molecular flexibility index (Phi) is 34.8. The third kappa shape index (κ3) is 39.8. The summed E-state index contributed by atoms with van der Waals surface area (Å²) in [6.45, 7) is 5.31. The molecule has 0 aliphatic heterocycles. The Morgan fingerprint density at radius 2 is 1.12 bits per heavy atom. The molecule has 8 nitrogen and oxygen atoms in total. The number of hydrogen-bond donors (Lipinski definition) is 0. The molecule has 0 fully saturated rings. The number of carbonyl (C=O) groups is 1. The van der Waals surface area contributed by atoms with Gasteiger partial charge in [-0.2, -0.15) is 0 Å². The average Bonchev–Trinajstić information content (AvgIpc) is 3.08. The first-order chi connectivity index (χ1) is 24.6. The second kappa shape index (κ2) is 35.7. The molecule has 0 spiro atoms. The predicted molar refractivity (Wildman–Crippen MR) is 213 cm³/mol. The molecule has 0 aliphatic carbocycles. The summed E-state index contributed by atoms with van der Waals surface area (Å²) in [5.41, 5.74) is 0. The molecule has 2 unspecified atom stereocenters. The third-order valence-electron chi connectivity index (χ3n) is 8.64. The number of phosphoric ester groups is 1. The first-order valence-corrected chi connectivity index (χ1v) is 22.2. The van der Waals surface area contributed by atoms with Crippen LogP contribution < -0.4 is 4.89 Å². The molecule has 0 aromatic heterocycles. The molecular weight excluding hydrogens is 661 g/mol. The Labute approximate surface area is 315 Å². The van der Waals surface area contributed by atoms with Crippen molar-refractivity contribution in [3.05, 3.63) is 36.5 Å². The summed E-state index contributed by atoms with van der Waals surface area (Å²) in [7, 11) is 1.34. The summed E-state index contributed by atoms with van der Waals surface area (Å²) in [6.07, 6.45) is 40.1. The number of esters is 1. The van der Waals surface area contributed by atoms with Crippen LogP contribution in [0.5, 0.6) is 0 Å². The lowest BCUT2D eigenvalue weighted by atomic mass is 10.1. The van der Waals surface area contributed by atoms with E-state index in [0.717, 1.165) is 64.2 Å². The molecule has 0 aliphatic rings. The van der Waals surface area contributed by atoms with Crippen molar-refractivity contribution in [2.45, 2.75) is 174 Å². The van der Waals surface area contributed by atoms with Gasteiger partial charge in [0.05, 0.1) is 34.4 Å². The van der Waals surface area contributed by atoms with E-state index in [1.54, 1.807) is 0 Å². The van der Waals surface area contributed by atoms with Gasteiger partial charge >= 0.3 is 5.97 Å². The number of unbranched alkanes of at least 4 members (excludes halogenated alkanes) is 18. The lowest BCUT2D eigenvalue weighted by Gasteiger charge is -2.28. The van der Waals surface area contributed by atoms with Gasteiger partial charge in [-0.3, -0.25) is 9.36 Å². The first kappa shape index (κ1) is 49.7. The number of allylic oxidation sites excluding steroid dienone is 6. The quantitative estimate of drug-likeness (QED) is 0.0204. The van der Waals surface area contributed by atoms with Crippen LogP contribution >= 0.6 is 7.82 Å². The number of ether oxygens (including phenoxy) is 2. The smallest absolute Gasteiger partial charge is 0.306 e. The summed E-state index contributed by atoms with van der Waals surface area (Å²) in [6, 6.07) is 0. The highest BCUT2D eigenvalue weighted by atomic mass is 31.2.